The molecule has 0 bridgehead atoms. The summed E-state index contributed by atoms with van der Waals surface area (Å²) in [6.45, 7) is 4.80. The van der Waals surface area contributed by atoms with Gasteiger partial charge in [-0.1, -0.05) is 6.92 Å². The summed E-state index contributed by atoms with van der Waals surface area (Å²) in [6, 6.07) is 4.08. The standard InChI is InChI=1S/C19H26FN3O4/c1-5-14-17(18(24)27-6-2)15(22-19(25)21-14)11-23(3)10-12-7-8-16(26-4)13(20)9-12/h7-9,14H,5-6,10-11H2,1-4H3,(H2,21,22,25)/p+1/t14-/m1/s1. The Morgan fingerprint density at radius 3 is 2.63 bits per heavy atom. The van der Waals surface area contributed by atoms with Crippen LogP contribution in [0.1, 0.15) is 25.8 Å². The molecule has 1 heterocycles. The van der Waals surface area contributed by atoms with Crippen molar-refractivity contribution in [3.8, 4) is 5.75 Å². The van der Waals surface area contributed by atoms with Gasteiger partial charge in [-0.2, -0.15) is 0 Å². The van der Waals surface area contributed by atoms with Crippen LogP contribution in [-0.2, 0) is 16.1 Å². The molecule has 0 spiro atoms. The average Bonchev–Trinajstić information content (AvgIpc) is 2.61. The van der Waals surface area contributed by atoms with Gasteiger partial charge in [0.25, 0.3) is 0 Å². The first kappa shape index (κ1) is 20.7. The zero-order valence-electron chi connectivity index (χ0n) is 16.1. The van der Waals surface area contributed by atoms with Gasteiger partial charge in [0.1, 0.15) is 13.1 Å². The molecule has 2 atom stereocenters. The van der Waals surface area contributed by atoms with Gasteiger partial charge in [-0.25, -0.2) is 14.0 Å². The van der Waals surface area contributed by atoms with Crippen molar-refractivity contribution in [2.45, 2.75) is 32.9 Å². The number of likely N-dealkylation sites (N-methyl/N-ethyl adjacent to an activating group) is 1. The minimum Gasteiger partial charge on any atom is -0.494 e. The molecule has 8 heteroatoms. The molecule has 0 radical (unpaired) electrons. The SMILES string of the molecule is CCOC(=O)C1=C(C[NH+](C)Cc2ccc(OC)c(F)c2)NC(=O)N[C@@H]1CC. The van der Waals surface area contributed by atoms with E-state index in [9.17, 15) is 14.0 Å². The number of esters is 1. The van der Waals surface area contributed by atoms with Crippen molar-refractivity contribution in [3.63, 3.8) is 0 Å². The summed E-state index contributed by atoms with van der Waals surface area (Å²) in [7, 11) is 3.33. The minimum atomic E-state index is -0.435. The largest absolute Gasteiger partial charge is 0.494 e. The van der Waals surface area contributed by atoms with Crippen LogP contribution in [0.15, 0.2) is 29.5 Å². The lowest BCUT2D eigenvalue weighted by atomic mass is 10.00. The zero-order chi connectivity index (χ0) is 20.0. The molecular formula is C19H27FN3O4+. The van der Waals surface area contributed by atoms with Gasteiger partial charge in [-0.15, -0.1) is 0 Å². The molecule has 1 aromatic rings. The molecule has 1 unspecified atom stereocenters. The highest BCUT2D eigenvalue weighted by molar-refractivity contribution is 5.94. The molecule has 1 aromatic carbocycles. The van der Waals surface area contributed by atoms with E-state index in [-0.39, 0.29) is 24.4 Å². The monoisotopic (exact) mass is 380 g/mol. The molecule has 2 amide bonds. The molecule has 27 heavy (non-hydrogen) atoms. The summed E-state index contributed by atoms with van der Waals surface area (Å²) in [5.74, 6) is -0.661. The first-order chi connectivity index (χ1) is 12.9. The van der Waals surface area contributed by atoms with Gasteiger partial charge >= 0.3 is 12.0 Å². The molecule has 0 saturated heterocycles. The zero-order valence-corrected chi connectivity index (χ0v) is 16.1. The first-order valence-corrected chi connectivity index (χ1v) is 9.00. The number of ether oxygens (including phenoxy) is 2. The van der Waals surface area contributed by atoms with Gasteiger partial charge in [0.2, 0.25) is 0 Å². The molecule has 3 N–H and O–H groups in total. The van der Waals surface area contributed by atoms with Crippen LogP contribution < -0.4 is 20.3 Å². The van der Waals surface area contributed by atoms with Crippen LogP contribution in [0.2, 0.25) is 0 Å². The number of rotatable bonds is 8. The number of hydrogen-bond donors (Lipinski definition) is 3. The molecule has 7 nitrogen and oxygen atoms in total. The van der Waals surface area contributed by atoms with Crippen LogP contribution in [0.5, 0.6) is 5.75 Å². The molecule has 0 saturated carbocycles. The van der Waals surface area contributed by atoms with Crippen molar-refractivity contribution in [2.24, 2.45) is 0 Å². The predicted molar refractivity (Wildman–Crippen MR) is 97.8 cm³/mol. The van der Waals surface area contributed by atoms with E-state index in [1.165, 1.54) is 13.2 Å². The van der Waals surface area contributed by atoms with Crippen molar-refractivity contribution >= 4 is 12.0 Å². The van der Waals surface area contributed by atoms with Crippen molar-refractivity contribution in [3.05, 3.63) is 40.8 Å². The van der Waals surface area contributed by atoms with E-state index in [4.69, 9.17) is 9.47 Å². The third-order valence-electron chi connectivity index (χ3n) is 4.35. The number of carbonyl (C=O) groups excluding carboxylic acids is 2. The van der Waals surface area contributed by atoms with Gasteiger partial charge in [0, 0.05) is 5.56 Å². The fraction of sp³-hybridized carbons (Fsp3) is 0.474. The number of nitrogens with one attached hydrogen (secondary N) is 3. The Hall–Kier alpha value is -2.61. The number of hydrogen-bond acceptors (Lipinski definition) is 4. The van der Waals surface area contributed by atoms with Gasteiger partial charge < -0.3 is 25.0 Å². The number of halogens is 1. The number of quaternary nitrogens is 1. The average molecular weight is 380 g/mol. The maximum Gasteiger partial charge on any atom is 0.338 e. The quantitative estimate of drug-likeness (QED) is 0.582. The number of carbonyl (C=O) groups is 2. The third-order valence-corrected chi connectivity index (χ3v) is 4.35. The second kappa shape index (κ2) is 9.36. The Balaban J connectivity index is 2.20. The Kier molecular flexibility index (Phi) is 7.18. The van der Waals surface area contributed by atoms with Crippen LogP contribution in [0, 0.1) is 5.82 Å². The van der Waals surface area contributed by atoms with E-state index in [1.807, 2.05) is 14.0 Å². The van der Waals surface area contributed by atoms with E-state index in [0.717, 1.165) is 10.5 Å². The van der Waals surface area contributed by atoms with Crippen molar-refractivity contribution < 1.29 is 28.4 Å². The Bertz CT molecular complexity index is 736. The summed E-state index contributed by atoms with van der Waals surface area (Å²) >= 11 is 0. The van der Waals surface area contributed by atoms with Crippen molar-refractivity contribution in [1.29, 1.82) is 0 Å². The Morgan fingerprint density at radius 1 is 1.30 bits per heavy atom. The summed E-state index contributed by atoms with van der Waals surface area (Å²) < 4.78 is 24.0. The van der Waals surface area contributed by atoms with E-state index in [1.54, 1.807) is 19.1 Å². The van der Waals surface area contributed by atoms with E-state index in [0.29, 0.717) is 30.8 Å². The van der Waals surface area contributed by atoms with Crippen LogP contribution in [0.3, 0.4) is 0 Å². The second-order valence-corrected chi connectivity index (χ2v) is 6.45. The molecule has 2 rings (SSSR count). The molecule has 1 aliphatic rings. The van der Waals surface area contributed by atoms with Crippen molar-refractivity contribution in [2.75, 3.05) is 27.3 Å². The summed E-state index contributed by atoms with van der Waals surface area (Å²) in [6.07, 6.45) is 0.577. The fourth-order valence-corrected chi connectivity index (χ4v) is 3.13. The smallest absolute Gasteiger partial charge is 0.338 e. The van der Waals surface area contributed by atoms with E-state index in [2.05, 4.69) is 10.6 Å². The van der Waals surface area contributed by atoms with E-state index >= 15 is 0 Å². The molecule has 0 aromatic heterocycles. The maximum absolute atomic E-state index is 13.9. The van der Waals surface area contributed by atoms with Gasteiger partial charge in [-0.05, 0) is 31.5 Å². The number of urea groups is 1. The lowest BCUT2D eigenvalue weighted by Crippen LogP contribution is -3.08. The van der Waals surface area contributed by atoms with Crippen LogP contribution >= 0.6 is 0 Å². The predicted octanol–water partition coefficient (Wildman–Crippen LogP) is 0.758. The highest BCUT2D eigenvalue weighted by Gasteiger charge is 2.32. The first-order valence-electron chi connectivity index (χ1n) is 9.00. The van der Waals surface area contributed by atoms with Crippen molar-refractivity contribution in [1.82, 2.24) is 10.6 Å². The van der Waals surface area contributed by atoms with Crippen LogP contribution in [-0.4, -0.2) is 45.4 Å². The minimum absolute atomic E-state index is 0.195. The topological polar surface area (TPSA) is 81.1 Å². The summed E-state index contributed by atoms with van der Waals surface area (Å²) in [5.41, 5.74) is 1.77. The highest BCUT2D eigenvalue weighted by atomic mass is 19.1. The third kappa shape index (κ3) is 5.19. The molecular weight excluding hydrogens is 353 g/mol. The fourth-order valence-electron chi connectivity index (χ4n) is 3.13. The highest BCUT2D eigenvalue weighted by Crippen LogP contribution is 2.18. The molecule has 1 aliphatic heterocycles. The maximum atomic E-state index is 13.9. The van der Waals surface area contributed by atoms with Crippen LogP contribution in [0.25, 0.3) is 0 Å². The Labute approximate surface area is 158 Å². The number of amides is 2. The molecule has 0 fully saturated rings. The van der Waals surface area contributed by atoms with Gasteiger partial charge in [0.15, 0.2) is 11.6 Å². The number of methoxy groups -OCH3 is 1. The summed E-state index contributed by atoms with van der Waals surface area (Å²) in [5, 5.41) is 5.48. The van der Waals surface area contributed by atoms with Gasteiger partial charge in [0.05, 0.1) is 38.1 Å². The second-order valence-electron chi connectivity index (χ2n) is 6.45. The van der Waals surface area contributed by atoms with Crippen LogP contribution in [0.4, 0.5) is 9.18 Å². The Morgan fingerprint density at radius 2 is 2.04 bits per heavy atom. The van der Waals surface area contributed by atoms with E-state index < -0.39 is 11.8 Å². The normalized spacial score (nSPS) is 17.8. The molecule has 148 valence electrons. The van der Waals surface area contributed by atoms with Gasteiger partial charge in [-0.3, -0.25) is 0 Å². The molecule has 0 aliphatic carbocycles. The number of benzene rings is 1. The summed E-state index contributed by atoms with van der Waals surface area (Å²) in [4.78, 5) is 25.3. The lowest BCUT2D eigenvalue weighted by Gasteiger charge is -2.29. The lowest BCUT2D eigenvalue weighted by molar-refractivity contribution is -0.889.